The molecule has 0 heterocycles. The van der Waals surface area contributed by atoms with E-state index in [9.17, 15) is 21.4 Å². The molecule has 0 atom stereocenters. The number of methoxy groups -OCH3 is 1. The molecule has 4 aromatic rings. The zero-order valence-corrected chi connectivity index (χ0v) is 23.0. The Bertz CT molecular complexity index is 1650. The van der Waals surface area contributed by atoms with Gasteiger partial charge >= 0.3 is 0 Å². The van der Waals surface area contributed by atoms with E-state index in [0.717, 1.165) is 11.1 Å². The molecule has 0 amide bonds. The van der Waals surface area contributed by atoms with Crippen LogP contribution in [0.15, 0.2) is 106 Å². The van der Waals surface area contributed by atoms with E-state index in [4.69, 9.17) is 9.47 Å². The fourth-order valence-electron chi connectivity index (χ4n) is 4.02. The molecule has 38 heavy (non-hydrogen) atoms. The number of sulfone groups is 1. The molecule has 4 rings (SSSR count). The molecule has 7 nitrogen and oxygen atoms in total. The third-order valence-corrected chi connectivity index (χ3v) is 9.11. The molecule has 4 aromatic carbocycles. The van der Waals surface area contributed by atoms with Crippen LogP contribution in [0, 0.1) is 6.92 Å². The molecule has 0 aliphatic rings. The number of hydrogen-bond donors (Lipinski definition) is 1. The minimum Gasteiger partial charge on any atom is -0.497 e. The Balaban J connectivity index is 1.64. The summed E-state index contributed by atoms with van der Waals surface area (Å²) < 4.78 is 71.3. The summed E-state index contributed by atoms with van der Waals surface area (Å²) in [6, 6.07) is 24.2. The topological polar surface area (TPSA) is 107 Å². The van der Waals surface area contributed by atoms with Gasteiger partial charge in [0.2, 0.25) is 9.84 Å². The first-order valence-corrected chi connectivity index (χ1v) is 14.6. The summed E-state index contributed by atoms with van der Waals surface area (Å²) in [7, 11) is -6.92. The van der Waals surface area contributed by atoms with E-state index in [2.05, 4.69) is 0 Å². The second kappa shape index (κ2) is 10.2. The lowest BCUT2D eigenvalue weighted by Crippen LogP contribution is -2.19. The smallest absolute Gasteiger partial charge is 0.298 e. The summed E-state index contributed by atoms with van der Waals surface area (Å²) in [6.07, 6.45) is 0. The summed E-state index contributed by atoms with van der Waals surface area (Å²) in [4.78, 5) is -0.238. The maximum atomic E-state index is 13.0. The van der Waals surface area contributed by atoms with Gasteiger partial charge in [0.05, 0.1) is 16.9 Å². The van der Waals surface area contributed by atoms with Gasteiger partial charge in [-0.2, -0.15) is 8.42 Å². The minimum atomic E-state index is -4.63. The van der Waals surface area contributed by atoms with Crippen LogP contribution in [0.4, 0.5) is 0 Å². The molecular weight excluding hydrogens is 524 g/mol. The standard InChI is InChI=1S/C29H28O7S2/c1-20-5-7-21(8-6-20)29(2,3)22-9-18-27(28(19-22)38(32,33)34)36-24-12-16-26(17-13-24)37(30,31)25-14-10-23(35-4)11-15-25/h5-19H,1-4H3,(H,32,33,34). The van der Waals surface area contributed by atoms with Crippen molar-refractivity contribution >= 4 is 20.0 Å². The van der Waals surface area contributed by atoms with Crippen molar-refractivity contribution in [3.8, 4) is 17.2 Å². The van der Waals surface area contributed by atoms with E-state index in [0.29, 0.717) is 11.3 Å². The molecule has 0 bridgehead atoms. The van der Waals surface area contributed by atoms with Crippen LogP contribution in [-0.2, 0) is 25.4 Å². The zero-order valence-electron chi connectivity index (χ0n) is 21.4. The van der Waals surface area contributed by atoms with Gasteiger partial charge in [0.1, 0.15) is 22.1 Å². The van der Waals surface area contributed by atoms with Crippen molar-refractivity contribution in [2.45, 2.75) is 40.9 Å². The molecule has 0 saturated heterocycles. The van der Waals surface area contributed by atoms with Gasteiger partial charge in [-0.25, -0.2) is 8.42 Å². The Morgan fingerprint density at radius 1 is 0.684 bits per heavy atom. The third-order valence-electron chi connectivity index (χ3n) is 6.45. The summed E-state index contributed by atoms with van der Waals surface area (Å²) in [5.74, 6) is 0.659. The molecule has 0 fully saturated rings. The SMILES string of the molecule is COc1ccc(S(=O)(=O)c2ccc(Oc3ccc(C(C)(C)c4ccc(C)cc4)cc3S(=O)(=O)O)cc2)cc1. The molecule has 198 valence electrons. The Hall–Kier alpha value is -3.66. The van der Waals surface area contributed by atoms with Crippen LogP contribution in [0.2, 0.25) is 0 Å². The summed E-state index contributed by atoms with van der Waals surface area (Å²) in [6.45, 7) is 5.91. The van der Waals surface area contributed by atoms with Crippen LogP contribution in [0.3, 0.4) is 0 Å². The molecule has 0 unspecified atom stereocenters. The number of aryl methyl sites for hydroxylation is 1. The van der Waals surface area contributed by atoms with Gasteiger partial charge < -0.3 is 9.47 Å². The molecule has 0 aliphatic carbocycles. The third kappa shape index (κ3) is 5.60. The molecular formula is C29H28O7S2. The van der Waals surface area contributed by atoms with Crippen molar-refractivity contribution in [3.63, 3.8) is 0 Å². The Labute approximate surface area is 223 Å². The largest absolute Gasteiger partial charge is 0.497 e. The maximum absolute atomic E-state index is 13.0. The van der Waals surface area contributed by atoms with Crippen LogP contribution in [0.1, 0.15) is 30.5 Å². The number of benzene rings is 4. The second-order valence-corrected chi connectivity index (χ2v) is 12.7. The fraction of sp³-hybridized carbons (Fsp3) is 0.172. The summed E-state index contributed by atoms with van der Waals surface area (Å²) >= 11 is 0. The first-order chi connectivity index (χ1) is 17.8. The van der Waals surface area contributed by atoms with Gasteiger partial charge in [-0.3, -0.25) is 4.55 Å². The summed E-state index contributed by atoms with van der Waals surface area (Å²) in [5, 5.41) is 0. The van der Waals surface area contributed by atoms with Crippen molar-refractivity contribution in [1.29, 1.82) is 0 Å². The second-order valence-electron chi connectivity index (χ2n) is 9.38. The van der Waals surface area contributed by atoms with Crippen molar-refractivity contribution in [2.24, 2.45) is 0 Å². The van der Waals surface area contributed by atoms with Crippen LogP contribution >= 0.6 is 0 Å². The first-order valence-electron chi connectivity index (χ1n) is 11.7. The quantitative estimate of drug-likeness (QED) is 0.259. The monoisotopic (exact) mass is 552 g/mol. The Kier molecular flexibility index (Phi) is 7.38. The average Bonchev–Trinajstić information content (AvgIpc) is 2.89. The Morgan fingerprint density at radius 3 is 1.68 bits per heavy atom. The van der Waals surface area contributed by atoms with E-state index >= 15 is 0 Å². The minimum absolute atomic E-state index is 0.0419. The highest BCUT2D eigenvalue weighted by Crippen LogP contribution is 2.37. The molecule has 0 spiro atoms. The fourth-order valence-corrected chi connectivity index (χ4v) is 5.93. The van der Waals surface area contributed by atoms with E-state index in [-0.39, 0.29) is 26.2 Å². The number of hydrogen-bond acceptors (Lipinski definition) is 6. The molecule has 0 radical (unpaired) electrons. The van der Waals surface area contributed by atoms with Crippen LogP contribution in [-0.4, -0.2) is 28.5 Å². The first kappa shape index (κ1) is 27.4. The average molecular weight is 553 g/mol. The van der Waals surface area contributed by atoms with Gasteiger partial charge in [0.15, 0.2) is 0 Å². The molecule has 0 aromatic heterocycles. The van der Waals surface area contributed by atoms with Crippen molar-refractivity contribution in [2.75, 3.05) is 7.11 Å². The van der Waals surface area contributed by atoms with Crippen molar-refractivity contribution < 1.29 is 30.9 Å². The lowest BCUT2D eigenvalue weighted by molar-refractivity contribution is 0.414. The van der Waals surface area contributed by atoms with Gasteiger partial charge in [-0.15, -0.1) is 0 Å². The molecule has 1 N–H and O–H groups in total. The van der Waals surface area contributed by atoms with Crippen LogP contribution in [0.25, 0.3) is 0 Å². The maximum Gasteiger partial charge on any atom is 0.298 e. The van der Waals surface area contributed by atoms with Crippen LogP contribution in [0.5, 0.6) is 17.2 Å². The highest BCUT2D eigenvalue weighted by atomic mass is 32.2. The van der Waals surface area contributed by atoms with Crippen molar-refractivity contribution in [1.82, 2.24) is 0 Å². The number of rotatable bonds is 8. The highest BCUT2D eigenvalue weighted by molar-refractivity contribution is 7.91. The van der Waals surface area contributed by atoms with Gasteiger partial charge in [-0.05, 0) is 78.7 Å². The lowest BCUT2D eigenvalue weighted by atomic mass is 9.78. The Morgan fingerprint density at radius 2 is 1.18 bits per heavy atom. The predicted octanol–water partition coefficient (Wildman–Crippen LogP) is 6.20. The van der Waals surface area contributed by atoms with E-state index < -0.39 is 25.4 Å². The van der Waals surface area contributed by atoms with Gasteiger partial charge in [0, 0.05) is 5.41 Å². The van der Waals surface area contributed by atoms with E-state index in [1.165, 1.54) is 55.6 Å². The lowest BCUT2D eigenvalue weighted by Gasteiger charge is -2.27. The normalized spacial score (nSPS) is 12.2. The van der Waals surface area contributed by atoms with Gasteiger partial charge in [0.25, 0.3) is 10.1 Å². The van der Waals surface area contributed by atoms with Crippen LogP contribution < -0.4 is 9.47 Å². The molecule has 0 aliphatic heterocycles. The van der Waals surface area contributed by atoms with E-state index in [1.54, 1.807) is 18.2 Å². The van der Waals surface area contributed by atoms with Gasteiger partial charge in [-0.1, -0.05) is 49.7 Å². The molecule has 9 heteroatoms. The van der Waals surface area contributed by atoms with E-state index in [1.807, 2.05) is 45.0 Å². The highest BCUT2D eigenvalue weighted by Gasteiger charge is 2.27. The molecule has 0 saturated carbocycles. The van der Waals surface area contributed by atoms with Crippen molar-refractivity contribution in [3.05, 3.63) is 108 Å². The predicted molar refractivity (Wildman–Crippen MR) is 145 cm³/mol. The zero-order chi connectivity index (χ0) is 27.7. The number of ether oxygens (including phenoxy) is 2. The summed E-state index contributed by atoms with van der Waals surface area (Å²) in [5.41, 5.74) is 2.20.